The first-order valence-corrected chi connectivity index (χ1v) is 12.2. The lowest BCUT2D eigenvalue weighted by Gasteiger charge is -2.25. The number of sulfonamides is 1. The van der Waals surface area contributed by atoms with Crippen LogP contribution in [0.2, 0.25) is 0 Å². The first-order chi connectivity index (χ1) is 15.3. The number of carbonyl (C=O) groups is 1. The van der Waals surface area contributed by atoms with Gasteiger partial charge >= 0.3 is 0 Å². The van der Waals surface area contributed by atoms with Crippen LogP contribution in [0.25, 0.3) is 0 Å². The normalized spacial score (nSPS) is 12.2. The summed E-state index contributed by atoms with van der Waals surface area (Å²) in [4.78, 5) is 13.0. The highest BCUT2D eigenvalue weighted by molar-refractivity contribution is 7.92. The molecule has 0 aromatic heterocycles. The third-order valence-electron chi connectivity index (χ3n) is 5.51. The Morgan fingerprint density at radius 3 is 2.16 bits per heavy atom. The van der Waals surface area contributed by atoms with E-state index in [9.17, 15) is 13.2 Å². The van der Waals surface area contributed by atoms with Crippen LogP contribution in [0, 0.1) is 13.8 Å². The smallest absolute Gasteiger partial charge is 0.264 e. The van der Waals surface area contributed by atoms with Gasteiger partial charge in [0, 0.05) is 6.04 Å². The summed E-state index contributed by atoms with van der Waals surface area (Å²) in [5, 5.41) is 2.95. The van der Waals surface area contributed by atoms with Crippen molar-refractivity contribution in [3.8, 4) is 0 Å². The third kappa shape index (κ3) is 5.98. The highest BCUT2D eigenvalue weighted by Gasteiger charge is 2.27. The number of carbonyl (C=O) groups excluding carboxylic acids is 1. The monoisotopic (exact) mass is 450 g/mol. The predicted octanol–water partition coefficient (Wildman–Crippen LogP) is 4.64. The number of rotatable bonds is 9. The van der Waals surface area contributed by atoms with Crippen LogP contribution in [0.4, 0.5) is 5.69 Å². The van der Waals surface area contributed by atoms with Crippen LogP contribution in [-0.2, 0) is 21.2 Å². The molecule has 0 heterocycles. The summed E-state index contributed by atoms with van der Waals surface area (Å²) >= 11 is 0. The molecule has 32 heavy (non-hydrogen) atoms. The molecule has 0 aliphatic carbocycles. The summed E-state index contributed by atoms with van der Waals surface area (Å²) in [5.41, 5.74) is 3.71. The molecule has 0 saturated carbocycles. The number of hydrogen-bond donors (Lipinski definition) is 1. The number of anilines is 1. The van der Waals surface area contributed by atoms with Gasteiger partial charge in [-0.15, -0.1) is 0 Å². The van der Waals surface area contributed by atoms with Crippen molar-refractivity contribution in [2.45, 2.75) is 44.6 Å². The zero-order valence-corrected chi connectivity index (χ0v) is 19.6. The summed E-state index contributed by atoms with van der Waals surface area (Å²) in [5.74, 6) is -0.330. The van der Waals surface area contributed by atoms with Gasteiger partial charge in [0.1, 0.15) is 6.54 Å². The van der Waals surface area contributed by atoms with E-state index in [0.717, 1.165) is 24.0 Å². The SMILES string of the molecule is Cc1ccc(N(CC(=O)N[C@@H](C)CCc2ccccc2)S(=O)(=O)c2ccccc2)cc1C. The molecule has 0 fully saturated rings. The van der Waals surface area contributed by atoms with Gasteiger partial charge in [0.05, 0.1) is 10.6 Å². The third-order valence-corrected chi connectivity index (χ3v) is 7.30. The minimum atomic E-state index is -3.90. The highest BCUT2D eigenvalue weighted by Crippen LogP contribution is 2.25. The van der Waals surface area contributed by atoms with Gasteiger partial charge in [0.25, 0.3) is 10.0 Å². The molecule has 1 atom stereocenters. The van der Waals surface area contributed by atoms with E-state index < -0.39 is 10.0 Å². The quantitative estimate of drug-likeness (QED) is 0.517. The fourth-order valence-electron chi connectivity index (χ4n) is 3.47. The molecule has 6 heteroatoms. The Morgan fingerprint density at radius 1 is 0.906 bits per heavy atom. The molecule has 0 bridgehead atoms. The molecular weight excluding hydrogens is 420 g/mol. The van der Waals surface area contributed by atoms with Crippen molar-refractivity contribution in [1.82, 2.24) is 5.32 Å². The fraction of sp³-hybridized carbons (Fsp3) is 0.269. The van der Waals surface area contributed by atoms with Crippen LogP contribution in [-0.4, -0.2) is 26.9 Å². The van der Waals surface area contributed by atoms with E-state index in [-0.39, 0.29) is 23.4 Å². The van der Waals surface area contributed by atoms with Gasteiger partial charge in [0.2, 0.25) is 5.91 Å². The average molecular weight is 451 g/mol. The zero-order chi connectivity index (χ0) is 23.1. The van der Waals surface area contributed by atoms with Crippen LogP contribution in [0.3, 0.4) is 0 Å². The first-order valence-electron chi connectivity index (χ1n) is 10.8. The minimum Gasteiger partial charge on any atom is -0.352 e. The van der Waals surface area contributed by atoms with Crippen molar-refractivity contribution in [3.63, 3.8) is 0 Å². The van der Waals surface area contributed by atoms with Crippen LogP contribution < -0.4 is 9.62 Å². The molecule has 0 radical (unpaired) electrons. The molecule has 3 aromatic rings. The van der Waals surface area contributed by atoms with E-state index >= 15 is 0 Å². The maximum atomic E-state index is 13.4. The van der Waals surface area contributed by atoms with E-state index in [1.54, 1.807) is 36.4 Å². The van der Waals surface area contributed by atoms with Crippen molar-refractivity contribution in [2.75, 3.05) is 10.8 Å². The number of hydrogen-bond acceptors (Lipinski definition) is 3. The van der Waals surface area contributed by atoms with Gasteiger partial charge in [-0.1, -0.05) is 54.6 Å². The molecule has 0 aliphatic rings. The topological polar surface area (TPSA) is 66.5 Å². The van der Waals surface area contributed by atoms with Gasteiger partial charge in [-0.05, 0) is 74.6 Å². The lowest BCUT2D eigenvalue weighted by Crippen LogP contribution is -2.43. The van der Waals surface area contributed by atoms with Crippen LogP contribution in [0.1, 0.15) is 30.0 Å². The molecule has 0 aliphatic heterocycles. The number of aryl methyl sites for hydroxylation is 3. The van der Waals surface area contributed by atoms with Crippen molar-refractivity contribution >= 4 is 21.6 Å². The molecule has 1 N–H and O–H groups in total. The number of benzene rings is 3. The summed E-state index contributed by atoms with van der Waals surface area (Å²) < 4.78 is 28.0. The van der Waals surface area contributed by atoms with Crippen molar-refractivity contribution in [1.29, 1.82) is 0 Å². The number of amides is 1. The number of nitrogens with one attached hydrogen (secondary N) is 1. The second kappa shape index (κ2) is 10.5. The van der Waals surface area contributed by atoms with Crippen LogP contribution >= 0.6 is 0 Å². The second-order valence-corrected chi connectivity index (χ2v) is 9.95. The Balaban J connectivity index is 1.77. The van der Waals surface area contributed by atoms with Crippen molar-refractivity contribution in [2.24, 2.45) is 0 Å². The van der Waals surface area contributed by atoms with Gasteiger partial charge < -0.3 is 5.32 Å². The number of nitrogens with zero attached hydrogens (tertiary/aromatic N) is 1. The van der Waals surface area contributed by atoms with Gasteiger partial charge in [-0.2, -0.15) is 0 Å². The summed E-state index contributed by atoms with van der Waals surface area (Å²) in [6.45, 7) is 5.55. The Morgan fingerprint density at radius 2 is 1.53 bits per heavy atom. The van der Waals surface area contributed by atoms with E-state index in [1.165, 1.54) is 9.87 Å². The second-order valence-electron chi connectivity index (χ2n) is 8.09. The summed E-state index contributed by atoms with van der Waals surface area (Å²) in [7, 11) is -3.90. The Hall–Kier alpha value is -3.12. The Labute approximate surface area is 191 Å². The van der Waals surface area contributed by atoms with Gasteiger partial charge in [-0.3, -0.25) is 9.10 Å². The summed E-state index contributed by atoms with van der Waals surface area (Å²) in [6, 6.07) is 23.6. The molecule has 0 unspecified atom stereocenters. The maximum Gasteiger partial charge on any atom is 0.264 e. The largest absolute Gasteiger partial charge is 0.352 e. The predicted molar refractivity (Wildman–Crippen MR) is 129 cm³/mol. The van der Waals surface area contributed by atoms with E-state index in [1.807, 2.05) is 51.1 Å². The Kier molecular flexibility index (Phi) is 7.70. The summed E-state index contributed by atoms with van der Waals surface area (Å²) in [6.07, 6.45) is 1.61. The maximum absolute atomic E-state index is 13.4. The van der Waals surface area contributed by atoms with Crippen molar-refractivity contribution in [3.05, 3.63) is 95.6 Å². The zero-order valence-electron chi connectivity index (χ0n) is 18.8. The standard InChI is InChI=1S/C26H30N2O3S/c1-20-14-17-24(18-21(20)2)28(32(30,31)25-12-8-5-9-13-25)19-26(29)27-22(3)15-16-23-10-6-4-7-11-23/h4-14,17-18,22H,15-16,19H2,1-3H3,(H,27,29)/t22-/m0/s1. The molecule has 0 spiro atoms. The Bertz CT molecular complexity index is 1150. The van der Waals surface area contributed by atoms with Gasteiger partial charge in [0.15, 0.2) is 0 Å². The van der Waals surface area contributed by atoms with Crippen LogP contribution in [0.15, 0.2) is 83.8 Å². The van der Waals surface area contributed by atoms with Gasteiger partial charge in [-0.25, -0.2) is 8.42 Å². The lowest BCUT2D eigenvalue weighted by molar-refractivity contribution is -0.120. The van der Waals surface area contributed by atoms with E-state index in [2.05, 4.69) is 17.4 Å². The van der Waals surface area contributed by atoms with E-state index in [4.69, 9.17) is 0 Å². The lowest BCUT2D eigenvalue weighted by atomic mass is 10.1. The minimum absolute atomic E-state index is 0.0799. The molecule has 3 aromatic carbocycles. The van der Waals surface area contributed by atoms with Crippen LogP contribution in [0.5, 0.6) is 0 Å². The fourth-order valence-corrected chi connectivity index (χ4v) is 4.90. The molecule has 3 rings (SSSR count). The molecule has 168 valence electrons. The molecule has 5 nitrogen and oxygen atoms in total. The van der Waals surface area contributed by atoms with E-state index in [0.29, 0.717) is 5.69 Å². The molecule has 1 amide bonds. The molecule has 0 saturated heterocycles. The molecular formula is C26H30N2O3S. The van der Waals surface area contributed by atoms with Crippen molar-refractivity contribution < 1.29 is 13.2 Å². The first kappa shape index (κ1) is 23.5. The highest BCUT2D eigenvalue weighted by atomic mass is 32.2. The average Bonchev–Trinajstić information content (AvgIpc) is 2.79.